The molecule has 0 unspecified atom stereocenters. The van der Waals surface area contributed by atoms with E-state index in [1.165, 1.54) is 12.0 Å². The third kappa shape index (κ3) is 6.53. The quantitative estimate of drug-likeness (QED) is 0.105. The Morgan fingerprint density at radius 2 is 1.58 bits per heavy atom. The van der Waals surface area contributed by atoms with Crippen LogP contribution in [0.4, 0.5) is 4.79 Å². The van der Waals surface area contributed by atoms with Crippen molar-refractivity contribution in [1.82, 2.24) is 19.4 Å². The Bertz CT molecular complexity index is 1650. The Morgan fingerprint density at radius 3 is 2.30 bits per heavy atom. The van der Waals surface area contributed by atoms with Crippen LogP contribution >= 0.6 is 0 Å². The molecule has 3 aromatic carbocycles. The molecule has 1 aliphatic rings. The molecule has 2 heterocycles. The Morgan fingerprint density at radius 1 is 0.860 bits per heavy atom. The fraction of sp³-hybridized carbons (Fsp3) is 0.314. The summed E-state index contributed by atoms with van der Waals surface area (Å²) in [6, 6.07) is 21.2. The zero-order valence-corrected chi connectivity index (χ0v) is 25.1. The SMILES string of the molecule is CCCCc1ncc(/C=C2/C(=O)N(CCCC)C(=O)N2Cc2ccc3ccccc3c2)n1Cc1ccc(C(=O)OC)cc1. The summed E-state index contributed by atoms with van der Waals surface area (Å²) in [6.45, 7) is 5.36. The number of fused-ring (bicyclic) bond motifs is 1. The first-order valence-corrected chi connectivity index (χ1v) is 15.0. The lowest BCUT2D eigenvalue weighted by atomic mass is 10.1. The fourth-order valence-corrected chi connectivity index (χ4v) is 5.36. The average Bonchev–Trinajstić information content (AvgIpc) is 3.51. The normalized spacial score (nSPS) is 14.3. The number of esters is 1. The topological polar surface area (TPSA) is 84.7 Å². The molecule has 43 heavy (non-hydrogen) atoms. The van der Waals surface area contributed by atoms with E-state index in [1.54, 1.807) is 29.3 Å². The Labute approximate surface area is 252 Å². The van der Waals surface area contributed by atoms with Gasteiger partial charge in [-0.3, -0.25) is 14.6 Å². The van der Waals surface area contributed by atoms with Gasteiger partial charge >= 0.3 is 12.0 Å². The maximum absolute atomic E-state index is 13.7. The summed E-state index contributed by atoms with van der Waals surface area (Å²) in [7, 11) is 1.36. The van der Waals surface area contributed by atoms with Gasteiger partial charge in [-0.2, -0.15) is 0 Å². The molecule has 0 spiro atoms. The highest BCUT2D eigenvalue weighted by molar-refractivity contribution is 6.13. The lowest BCUT2D eigenvalue weighted by Gasteiger charge is -2.18. The summed E-state index contributed by atoms with van der Waals surface area (Å²) in [5.41, 5.74) is 3.51. The smallest absolute Gasteiger partial charge is 0.337 e. The zero-order valence-electron chi connectivity index (χ0n) is 25.1. The van der Waals surface area contributed by atoms with Gasteiger partial charge in [-0.05, 0) is 59.0 Å². The minimum atomic E-state index is -0.383. The van der Waals surface area contributed by atoms with Crippen molar-refractivity contribution in [2.75, 3.05) is 13.7 Å². The van der Waals surface area contributed by atoms with Gasteiger partial charge in [0.05, 0.1) is 31.1 Å². The molecular weight excluding hydrogens is 540 g/mol. The molecule has 0 radical (unpaired) electrons. The highest BCUT2D eigenvalue weighted by Gasteiger charge is 2.40. The van der Waals surface area contributed by atoms with E-state index in [2.05, 4.69) is 23.6 Å². The number of carbonyl (C=O) groups is 3. The van der Waals surface area contributed by atoms with E-state index in [-0.39, 0.29) is 24.5 Å². The lowest BCUT2D eigenvalue weighted by Crippen LogP contribution is -2.33. The van der Waals surface area contributed by atoms with E-state index in [9.17, 15) is 14.4 Å². The largest absolute Gasteiger partial charge is 0.465 e. The monoisotopic (exact) mass is 578 g/mol. The van der Waals surface area contributed by atoms with E-state index in [0.29, 0.717) is 24.4 Å². The molecule has 1 aromatic heterocycles. The average molecular weight is 579 g/mol. The Hall–Kier alpha value is -4.72. The molecule has 0 saturated carbocycles. The van der Waals surface area contributed by atoms with Gasteiger partial charge in [0, 0.05) is 19.5 Å². The van der Waals surface area contributed by atoms with Crippen molar-refractivity contribution in [3.8, 4) is 0 Å². The molecule has 4 aromatic rings. The van der Waals surface area contributed by atoms with Crippen molar-refractivity contribution in [1.29, 1.82) is 0 Å². The highest BCUT2D eigenvalue weighted by Crippen LogP contribution is 2.28. The summed E-state index contributed by atoms with van der Waals surface area (Å²) in [6.07, 6.45) is 8.00. The number of unbranched alkanes of at least 4 members (excludes halogenated alkanes) is 2. The Balaban J connectivity index is 1.52. The van der Waals surface area contributed by atoms with Crippen molar-refractivity contribution in [2.45, 2.75) is 59.0 Å². The van der Waals surface area contributed by atoms with Crippen LogP contribution in [0.3, 0.4) is 0 Å². The predicted molar refractivity (Wildman–Crippen MR) is 167 cm³/mol. The van der Waals surface area contributed by atoms with E-state index in [4.69, 9.17) is 9.72 Å². The maximum Gasteiger partial charge on any atom is 0.337 e. The van der Waals surface area contributed by atoms with Crippen LogP contribution < -0.4 is 0 Å². The number of aromatic nitrogens is 2. The van der Waals surface area contributed by atoms with Gasteiger partial charge in [0.15, 0.2) is 0 Å². The van der Waals surface area contributed by atoms with Gasteiger partial charge in [-0.15, -0.1) is 0 Å². The summed E-state index contributed by atoms with van der Waals surface area (Å²) in [5.74, 6) is 0.239. The molecule has 8 nitrogen and oxygen atoms in total. The van der Waals surface area contributed by atoms with Gasteiger partial charge in [0.25, 0.3) is 5.91 Å². The van der Waals surface area contributed by atoms with Crippen molar-refractivity contribution >= 4 is 34.8 Å². The minimum absolute atomic E-state index is 0.287. The maximum atomic E-state index is 13.7. The van der Waals surface area contributed by atoms with Crippen LogP contribution in [0, 0.1) is 0 Å². The number of urea groups is 1. The second-order valence-corrected chi connectivity index (χ2v) is 10.9. The number of aryl methyl sites for hydroxylation is 1. The molecule has 8 heteroatoms. The van der Waals surface area contributed by atoms with E-state index >= 15 is 0 Å². The van der Waals surface area contributed by atoms with Crippen molar-refractivity contribution < 1.29 is 19.1 Å². The van der Waals surface area contributed by atoms with Gasteiger partial charge in [0.2, 0.25) is 0 Å². The minimum Gasteiger partial charge on any atom is -0.465 e. The number of ether oxygens (including phenoxy) is 1. The second kappa shape index (κ2) is 13.5. The van der Waals surface area contributed by atoms with E-state index in [1.807, 2.05) is 49.4 Å². The van der Waals surface area contributed by atoms with Crippen molar-refractivity contribution in [2.24, 2.45) is 0 Å². The summed E-state index contributed by atoms with van der Waals surface area (Å²) >= 11 is 0. The number of rotatable bonds is 12. The number of hydrogen-bond acceptors (Lipinski definition) is 5. The first kappa shape index (κ1) is 29.8. The van der Waals surface area contributed by atoms with Gasteiger partial charge < -0.3 is 9.30 Å². The van der Waals surface area contributed by atoms with Crippen LogP contribution in [0.25, 0.3) is 16.8 Å². The summed E-state index contributed by atoms with van der Waals surface area (Å²) in [4.78, 5) is 47.0. The molecule has 5 rings (SSSR count). The molecule has 3 amide bonds. The molecule has 0 bridgehead atoms. The third-order valence-corrected chi connectivity index (χ3v) is 7.83. The molecule has 1 aliphatic heterocycles. The lowest BCUT2D eigenvalue weighted by molar-refractivity contribution is -0.123. The zero-order chi connectivity index (χ0) is 30.3. The van der Waals surface area contributed by atoms with E-state index in [0.717, 1.165) is 65.5 Å². The number of nitrogens with zero attached hydrogens (tertiary/aromatic N) is 4. The van der Waals surface area contributed by atoms with Crippen LogP contribution in [-0.4, -0.2) is 50.9 Å². The summed E-state index contributed by atoms with van der Waals surface area (Å²) in [5, 5.41) is 2.21. The molecular formula is C35H38N4O4. The highest BCUT2D eigenvalue weighted by atomic mass is 16.5. The second-order valence-electron chi connectivity index (χ2n) is 10.9. The molecule has 1 fully saturated rings. The molecule has 0 N–H and O–H groups in total. The van der Waals surface area contributed by atoms with Gasteiger partial charge in [-0.1, -0.05) is 75.2 Å². The summed E-state index contributed by atoms with van der Waals surface area (Å²) < 4.78 is 6.93. The van der Waals surface area contributed by atoms with Crippen molar-refractivity contribution in [3.63, 3.8) is 0 Å². The van der Waals surface area contributed by atoms with Crippen LogP contribution in [-0.2, 0) is 29.0 Å². The molecule has 0 atom stereocenters. The number of methoxy groups -OCH3 is 1. The Kier molecular flexibility index (Phi) is 9.35. The van der Waals surface area contributed by atoms with Crippen LogP contribution in [0.5, 0.6) is 0 Å². The number of amides is 3. The number of benzene rings is 3. The fourth-order valence-electron chi connectivity index (χ4n) is 5.36. The first-order valence-electron chi connectivity index (χ1n) is 15.0. The van der Waals surface area contributed by atoms with Crippen molar-refractivity contribution in [3.05, 3.63) is 107 Å². The first-order chi connectivity index (χ1) is 20.9. The van der Waals surface area contributed by atoms with Crippen LogP contribution in [0.1, 0.15) is 72.5 Å². The molecule has 222 valence electrons. The standard InChI is InChI=1S/C35H38N4O4/c1-4-6-12-32-36-22-30(38(32)23-25-13-17-28(18-14-25)34(41)43-3)21-31-33(40)37(19-7-5-2)35(42)39(31)24-26-15-16-27-10-8-9-11-29(27)20-26/h8-11,13-18,20-22H,4-7,12,19,23-24H2,1-3H3/b31-21-. The third-order valence-electron chi connectivity index (χ3n) is 7.83. The van der Waals surface area contributed by atoms with Crippen LogP contribution in [0.2, 0.25) is 0 Å². The van der Waals surface area contributed by atoms with Gasteiger partial charge in [0.1, 0.15) is 11.5 Å². The molecule has 1 saturated heterocycles. The molecule has 0 aliphatic carbocycles. The van der Waals surface area contributed by atoms with Crippen LogP contribution in [0.15, 0.2) is 78.6 Å². The number of hydrogen-bond donors (Lipinski definition) is 0. The van der Waals surface area contributed by atoms with Gasteiger partial charge in [-0.25, -0.2) is 14.6 Å². The van der Waals surface area contributed by atoms with E-state index < -0.39 is 0 Å². The number of carbonyl (C=O) groups excluding carboxylic acids is 3. The predicted octanol–water partition coefficient (Wildman–Crippen LogP) is 6.82. The number of imidazole rings is 1. The number of imide groups is 1.